The second-order valence-electron chi connectivity index (χ2n) is 5.64. The van der Waals surface area contributed by atoms with Crippen molar-refractivity contribution in [3.63, 3.8) is 0 Å². The molecule has 7 heteroatoms. The lowest BCUT2D eigenvalue weighted by atomic mass is 10.0. The van der Waals surface area contributed by atoms with Crippen molar-refractivity contribution in [2.24, 2.45) is 0 Å². The third-order valence-corrected chi connectivity index (χ3v) is 4.01. The summed E-state index contributed by atoms with van der Waals surface area (Å²) in [5.41, 5.74) is 0.682. The van der Waals surface area contributed by atoms with Crippen molar-refractivity contribution >= 4 is 11.6 Å². The highest BCUT2D eigenvalue weighted by Gasteiger charge is 2.24. The number of aliphatic hydroxyl groups excluding tert-OH is 1. The molecule has 0 saturated carbocycles. The number of ether oxygens (including phenoxy) is 1. The summed E-state index contributed by atoms with van der Waals surface area (Å²) in [7, 11) is 1.60. The minimum atomic E-state index is -0.811. The first-order valence-electron chi connectivity index (χ1n) is 7.76. The summed E-state index contributed by atoms with van der Waals surface area (Å²) < 4.78 is 5.36. The van der Waals surface area contributed by atoms with Crippen LogP contribution in [0.3, 0.4) is 0 Å². The summed E-state index contributed by atoms with van der Waals surface area (Å²) in [4.78, 5) is 23.8. The topological polar surface area (TPSA) is 92.9 Å². The summed E-state index contributed by atoms with van der Waals surface area (Å²) in [6.45, 7) is 1.53. The first kappa shape index (κ1) is 18.4. The number of hydrogen-bond donors (Lipinski definition) is 1. The molecule has 1 N–H and O–H groups in total. The molecule has 0 bridgehead atoms. The van der Waals surface area contributed by atoms with Crippen molar-refractivity contribution in [2.75, 3.05) is 13.7 Å². The fraction of sp³-hybridized carbons (Fsp3) is 0.278. The van der Waals surface area contributed by atoms with Crippen molar-refractivity contribution in [2.45, 2.75) is 19.1 Å². The molecule has 132 valence electrons. The van der Waals surface area contributed by atoms with Gasteiger partial charge in [0, 0.05) is 19.2 Å². The van der Waals surface area contributed by atoms with Crippen LogP contribution in [0.1, 0.15) is 18.6 Å². The molecule has 2 aromatic rings. The van der Waals surface area contributed by atoms with Gasteiger partial charge in [-0.15, -0.1) is 0 Å². The number of rotatable bonds is 7. The van der Waals surface area contributed by atoms with Crippen LogP contribution in [0.15, 0.2) is 54.6 Å². The number of benzene rings is 2. The van der Waals surface area contributed by atoms with Crippen LogP contribution in [0.2, 0.25) is 0 Å². The molecule has 0 aromatic heterocycles. The number of hydrogen-bond acceptors (Lipinski definition) is 5. The number of nitro groups is 1. The zero-order valence-corrected chi connectivity index (χ0v) is 14.0. The van der Waals surface area contributed by atoms with E-state index in [2.05, 4.69) is 0 Å². The number of nitrogens with zero attached hydrogens (tertiary/aromatic N) is 2. The quantitative estimate of drug-likeness (QED) is 0.615. The van der Waals surface area contributed by atoms with E-state index in [9.17, 15) is 20.0 Å². The van der Waals surface area contributed by atoms with Gasteiger partial charge in [0.2, 0.25) is 0 Å². The van der Waals surface area contributed by atoms with Gasteiger partial charge >= 0.3 is 0 Å². The zero-order valence-electron chi connectivity index (χ0n) is 14.0. The van der Waals surface area contributed by atoms with Crippen LogP contribution in [-0.2, 0) is 4.79 Å². The summed E-state index contributed by atoms with van der Waals surface area (Å²) in [5.74, 6) is 0.0597. The van der Waals surface area contributed by atoms with E-state index >= 15 is 0 Å². The molecule has 0 aliphatic rings. The standard InChI is InChI=1S/C18H20N2O5/c1-13(18(22)14-6-4-3-5-7-14)19(2)17(21)12-25-16-10-8-15(9-11-16)20(23)24/h3-11,13,18,22H,12H2,1-2H3. The SMILES string of the molecule is CC(C(O)c1ccccc1)N(C)C(=O)COc1ccc([N+](=O)[O-])cc1. The Morgan fingerprint density at radius 3 is 2.36 bits per heavy atom. The molecule has 0 aliphatic carbocycles. The maximum absolute atomic E-state index is 12.3. The fourth-order valence-corrected chi connectivity index (χ4v) is 2.28. The second-order valence-corrected chi connectivity index (χ2v) is 5.64. The van der Waals surface area contributed by atoms with Gasteiger partial charge in [-0.1, -0.05) is 30.3 Å². The molecule has 2 unspecified atom stereocenters. The van der Waals surface area contributed by atoms with Gasteiger partial charge in [-0.05, 0) is 24.6 Å². The van der Waals surface area contributed by atoms with Crippen LogP contribution < -0.4 is 4.74 Å². The average Bonchev–Trinajstić information content (AvgIpc) is 2.65. The maximum Gasteiger partial charge on any atom is 0.269 e. The van der Waals surface area contributed by atoms with Gasteiger partial charge in [0.25, 0.3) is 11.6 Å². The molecule has 2 rings (SSSR count). The Hall–Kier alpha value is -2.93. The van der Waals surface area contributed by atoms with Crippen LogP contribution in [0, 0.1) is 10.1 Å². The molecular formula is C18H20N2O5. The average molecular weight is 344 g/mol. The first-order chi connectivity index (χ1) is 11.9. The minimum absolute atomic E-state index is 0.0459. The fourth-order valence-electron chi connectivity index (χ4n) is 2.28. The molecule has 0 heterocycles. The van der Waals surface area contributed by atoms with Crippen LogP contribution in [0.25, 0.3) is 0 Å². The van der Waals surface area contributed by atoms with Crippen molar-refractivity contribution in [3.8, 4) is 5.75 Å². The minimum Gasteiger partial charge on any atom is -0.484 e. The largest absolute Gasteiger partial charge is 0.484 e. The van der Waals surface area contributed by atoms with Gasteiger partial charge in [0.15, 0.2) is 6.61 Å². The van der Waals surface area contributed by atoms with Gasteiger partial charge < -0.3 is 14.7 Å². The Kier molecular flexibility index (Phi) is 6.08. The zero-order chi connectivity index (χ0) is 18.4. The lowest BCUT2D eigenvalue weighted by Crippen LogP contribution is -2.41. The van der Waals surface area contributed by atoms with Crippen molar-refractivity contribution in [3.05, 3.63) is 70.3 Å². The van der Waals surface area contributed by atoms with Gasteiger partial charge in [-0.25, -0.2) is 0 Å². The number of carbonyl (C=O) groups excluding carboxylic acids is 1. The van der Waals surface area contributed by atoms with Gasteiger partial charge in [0.05, 0.1) is 17.1 Å². The number of aliphatic hydroxyl groups is 1. The van der Waals surface area contributed by atoms with E-state index in [4.69, 9.17) is 4.74 Å². The van der Waals surface area contributed by atoms with Crippen molar-refractivity contribution < 1.29 is 19.6 Å². The lowest BCUT2D eigenvalue weighted by molar-refractivity contribution is -0.384. The number of amides is 1. The third kappa shape index (κ3) is 4.77. The maximum atomic E-state index is 12.3. The molecule has 2 aromatic carbocycles. The third-order valence-electron chi connectivity index (χ3n) is 4.01. The monoisotopic (exact) mass is 344 g/mol. The molecule has 2 atom stereocenters. The van der Waals surface area contributed by atoms with Crippen LogP contribution in [0.5, 0.6) is 5.75 Å². The van der Waals surface area contributed by atoms with Crippen molar-refractivity contribution in [1.82, 2.24) is 4.90 Å². The Balaban J connectivity index is 1.92. The second kappa shape index (κ2) is 8.25. The highest BCUT2D eigenvalue weighted by atomic mass is 16.6. The Bertz CT molecular complexity index is 718. The van der Waals surface area contributed by atoms with Gasteiger partial charge in [0.1, 0.15) is 5.75 Å². The molecule has 1 amide bonds. The summed E-state index contributed by atoms with van der Waals surface area (Å²) >= 11 is 0. The summed E-state index contributed by atoms with van der Waals surface area (Å²) in [5, 5.41) is 21.0. The van der Waals surface area contributed by atoms with Gasteiger partial charge in [-0.2, -0.15) is 0 Å². The molecular weight excluding hydrogens is 324 g/mol. The molecule has 25 heavy (non-hydrogen) atoms. The Morgan fingerprint density at radius 2 is 1.80 bits per heavy atom. The van der Waals surface area contributed by atoms with Crippen LogP contribution in [0.4, 0.5) is 5.69 Å². The normalized spacial score (nSPS) is 12.9. The van der Waals surface area contributed by atoms with E-state index in [1.165, 1.54) is 29.2 Å². The highest BCUT2D eigenvalue weighted by molar-refractivity contribution is 5.77. The highest BCUT2D eigenvalue weighted by Crippen LogP contribution is 2.21. The molecule has 0 saturated heterocycles. The molecule has 0 aliphatic heterocycles. The Morgan fingerprint density at radius 1 is 1.20 bits per heavy atom. The predicted molar refractivity (Wildman–Crippen MR) is 92.2 cm³/mol. The first-order valence-corrected chi connectivity index (χ1v) is 7.76. The molecule has 0 spiro atoms. The number of non-ortho nitro benzene ring substituents is 1. The summed E-state index contributed by atoms with van der Waals surface area (Å²) in [6.07, 6.45) is -0.811. The molecule has 0 radical (unpaired) electrons. The van der Waals surface area contributed by atoms with E-state index in [1.54, 1.807) is 26.1 Å². The van der Waals surface area contributed by atoms with E-state index in [-0.39, 0.29) is 18.2 Å². The predicted octanol–water partition coefficient (Wildman–Crippen LogP) is 2.55. The smallest absolute Gasteiger partial charge is 0.269 e. The van der Waals surface area contributed by atoms with E-state index < -0.39 is 17.1 Å². The van der Waals surface area contributed by atoms with Crippen LogP contribution in [-0.4, -0.2) is 40.5 Å². The molecule has 7 nitrogen and oxygen atoms in total. The van der Waals surface area contributed by atoms with E-state index in [1.807, 2.05) is 18.2 Å². The number of likely N-dealkylation sites (N-methyl/N-ethyl adjacent to an activating group) is 1. The van der Waals surface area contributed by atoms with Crippen LogP contribution >= 0.6 is 0 Å². The van der Waals surface area contributed by atoms with Crippen molar-refractivity contribution in [1.29, 1.82) is 0 Å². The number of carbonyl (C=O) groups is 1. The summed E-state index contributed by atoms with van der Waals surface area (Å²) in [6, 6.07) is 14.2. The van der Waals surface area contributed by atoms with Gasteiger partial charge in [-0.3, -0.25) is 14.9 Å². The lowest BCUT2D eigenvalue weighted by Gasteiger charge is -2.29. The van der Waals surface area contributed by atoms with E-state index in [0.717, 1.165) is 5.56 Å². The molecule has 0 fully saturated rings. The van der Waals surface area contributed by atoms with E-state index in [0.29, 0.717) is 5.75 Å². The number of nitro benzene ring substituents is 1. The Labute approximate surface area is 145 Å².